The first kappa shape index (κ1) is 22.4. The van der Waals surface area contributed by atoms with Crippen molar-refractivity contribution < 1.29 is 9.47 Å². The minimum atomic E-state index is 0.317. The fraction of sp³-hybridized carbons (Fsp3) is 0.950. The lowest BCUT2D eigenvalue weighted by Crippen LogP contribution is -2.39. The number of hydrogen-bond acceptors (Lipinski definition) is 5. The highest BCUT2D eigenvalue weighted by Gasteiger charge is 2.15. The Morgan fingerprint density at radius 2 is 2.07 bits per heavy atom. The fourth-order valence-electron chi connectivity index (χ4n) is 3.52. The van der Waals surface area contributed by atoms with Crippen molar-refractivity contribution in [2.24, 2.45) is 4.99 Å². The average Bonchev–Trinajstić information content (AvgIpc) is 3.10. The molecule has 0 aromatic rings. The van der Waals surface area contributed by atoms with E-state index in [9.17, 15) is 0 Å². The topological polar surface area (TPSA) is 61.4 Å². The summed E-state index contributed by atoms with van der Waals surface area (Å²) in [5.41, 5.74) is 0. The van der Waals surface area contributed by atoms with Crippen LogP contribution in [-0.4, -0.2) is 101 Å². The molecule has 2 fully saturated rings. The molecule has 0 amide bonds. The molecule has 0 saturated carbocycles. The van der Waals surface area contributed by atoms with Crippen LogP contribution in [0, 0.1) is 0 Å². The van der Waals surface area contributed by atoms with Gasteiger partial charge in [0.25, 0.3) is 0 Å². The largest absolute Gasteiger partial charge is 0.379 e. The number of guanidine groups is 1. The van der Waals surface area contributed by atoms with E-state index in [1.54, 1.807) is 0 Å². The Balaban J connectivity index is 1.51. The van der Waals surface area contributed by atoms with Crippen molar-refractivity contribution in [3.8, 4) is 0 Å². The van der Waals surface area contributed by atoms with Crippen LogP contribution in [0.15, 0.2) is 4.99 Å². The van der Waals surface area contributed by atoms with Crippen molar-refractivity contribution in [3.05, 3.63) is 0 Å². The summed E-state index contributed by atoms with van der Waals surface area (Å²) in [7, 11) is 2.22. The predicted octanol–water partition coefficient (Wildman–Crippen LogP) is 1.15. The van der Waals surface area contributed by atoms with Crippen LogP contribution in [0.25, 0.3) is 0 Å². The van der Waals surface area contributed by atoms with Gasteiger partial charge >= 0.3 is 0 Å². The van der Waals surface area contributed by atoms with Crippen LogP contribution >= 0.6 is 0 Å². The monoisotopic (exact) mass is 383 g/mol. The van der Waals surface area contributed by atoms with E-state index in [1.165, 1.54) is 39.0 Å². The van der Waals surface area contributed by atoms with Crippen LogP contribution in [0.4, 0.5) is 0 Å². The Labute approximate surface area is 165 Å². The number of likely N-dealkylation sites (N-methyl/N-ethyl adjacent to an activating group) is 1. The maximum absolute atomic E-state index is 5.70. The summed E-state index contributed by atoms with van der Waals surface area (Å²) in [6, 6.07) is 0. The Bertz CT molecular complexity index is 402. The number of aliphatic imine (C=N–C) groups is 1. The summed E-state index contributed by atoms with van der Waals surface area (Å²) in [5, 5.41) is 6.79. The highest BCUT2D eigenvalue weighted by Crippen LogP contribution is 2.11. The number of hydrogen-bond donors (Lipinski definition) is 2. The highest BCUT2D eigenvalue weighted by molar-refractivity contribution is 5.79. The van der Waals surface area contributed by atoms with Gasteiger partial charge in [-0.25, -0.2) is 0 Å². The van der Waals surface area contributed by atoms with Gasteiger partial charge in [-0.15, -0.1) is 0 Å². The Kier molecular flexibility index (Phi) is 11.7. The van der Waals surface area contributed by atoms with Gasteiger partial charge in [0.1, 0.15) is 0 Å². The van der Waals surface area contributed by atoms with E-state index >= 15 is 0 Å². The SMILES string of the molecule is CCNC(=NCCCOCC1CCCO1)NCCCN1CCCN(C)CC1. The third kappa shape index (κ3) is 10.3. The molecule has 0 aromatic heterocycles. The molecule has 2 aliphatic heterocycles. The molecule has 0 radical (unpaired) electrons. The second-order valence-electron chi connectivity index (χ2n) is 7.60. The third-order valence-corrected chi connectivity index (χ3v) is 5.14. The molecule has 1 atom stereocenters. The number of nitrogens with zero attached hydrogens (tertiary/aromatic N) is 3. The molecule has 0 aromatic carbocycles. The van der Waals surface area contributed by atoms with Gasteiger partial charge in [0.2, 0.25) is 0 Å². The average molecular weight is 384 g/mol. The van der Waals surface area contributed by atoms with E-state index in [-0.39, 0.29) is 0 Å². The van der Waals surface area contributed by atoms with Crippen LogP contribution in [-0.2, 0) is 9.47 Å². The molecule has 1 unspecified atom stereocenters. The molecule has 0 aliphatic carbocycles. The van der Waals surface area contributed by atoms with Crippen molar-refractivity contribution in [3.63, 3.8) is 0 Å². The second kappa shape index (κ2) is 14.2. The maximum atomic E-state index is 5.70. The fourth-order valence-corrected chi connectivity index (χ4v) is 3.52. The summed E-state index contributed by atoms with van der Waals surface area (Å²) in [6.07, 6.45) is 6.01. The quantitative estimate of drug-likeness (QED) is 0.317. The normalized spacial score (nSPS) is 22.7. The smallest absolute Gasteiger partial charge is 0.191 e. The van der Waals surface area contributed by atoms with Crippen molar-refractivity contribution >= 4 is 5.96 Å². The molecule has 2 N–H and O–H groups in total. The van der Waals surface area contributed by atoms with Gasteiger partial charge < -0.3 is 29.9 Å². The van der Waals surface area contributed by atoms with Crippen LogP contribution in [0.3, 0.4) is 0 Å². The Hall–Kier alpha value is -0.890. The molecule has 2 rings (SSSR count). The molecule has 7 heteroatoms. The molecular weight excluding hydrogens is 342 g/mol. The van der Waals surface area contributed by atoms with Gasteiger partial charge in [-0.3, -0.25) is 4.99 Å². The molecule has 0 bridgehead atoms. The Morgan fingerprint density at radius 1 is 1.15 bits per heavy atom. The Morgan fingerprint density at radius 3 is 2.89 bits per heavy atom. The van der Waals surface area contributed by atoms with Gasteiger partial charge in [-0.1, -0.05) is 0 Å². The van der Waals surface area contributed by atoms with Gasteiger partial charge in [0, 0.05) is 45.9 Å². The van der Waals surface area contributed by atoms with Crippen molar-refractivity contribution in [2.45, 2.75) is 45.1 Å². The lowest BCUT2D eigenvalue weighted by molar-refractivity contribution is 0.0171. The lowest BCUT2D eigenvalue weighted by atomic mass is 10.2. The summed E-state index contributed by atoms with van der Waals surface area (Å²) in [4.78, 5) is 9.67. The second-order valence-corrected chi connectivity index (χ2v) is 7.60. The molecule has 2 saturated heterocycles. The summed E-state index contributed by atoms with van der Waals surface area (Å²) < 4.78 is 11.3. The summed E-state index contributed by atoms with van der Waals surface area (Å²) in [5.74, 6) is 0.923. The van der Waals surface area contributed by atoms with E-state index < -0.39 is 0 Å². The molecule has 7 nitrogen and oxygen atoms in total. The summed E-state index contributed by atoms with van der Waals surface area (Å²) in [6.45, 7) is 13.1. The standard InChI is InChI=1S/C20H41N5O2/c1-3-21-20(23-10-6-16-26-18-19-8-4-17-27-19)22-9-5-12-25-13-7-11-24(2)14-15-25/h19H,3-18H2,1-2H3,(H2,21,22,23). The zero-order valence-corrected chi connectivity index (χ0v) is 17.5. The first-order valence-corrected chi connectivity index (χ1v) is 10.9. The molecule has 2 aliphatic rings. The van der Waals surface area contributed by atoms with E-state index in [1.807, 2.05) is 0 Å². The zero-order chi connectivity index (χ0) is 19.2. The van der Waals surface area contributed by atoms with Gasteiger partial charge in [0.15, 0.2) is 5.96 Å². The van der Waals surface area contributed by atoms with Crippen molar-refractivity contribution in [1.29, 1.82) is 0 Å². The van der Waals surface area contributed by atoms with E-state index in [0.717, 1.165) is 71.2 Å². The van der Waals surface area contributed by atoms with Crippen LogP contribution in [0.2, 0.25) is 0 Å². The molecule has 27 heavy (non-hydrogen) atoms. The van der Waals surface area contributed by atoms with Crippen LogP contribution in [0.5, 0.6) is 0 Å². The minimum absolute atomic E-state index is 0.317. The third-order valence-electron chi connectivity index (χ3n) is 5.14. The van der Waals surface area contributed by atoms with E-state index in [0.29, 0.717) is 6.10 Å². The van der Waals surface area contributed by atoms with Crippen LogP contribution < -0.4 is 10.6 Å². The zero-order valence-electron chi connectivity index (χ0n) is 17.5. The van der Waals surface area contributed by atoms with Crippen LogP contribution in [0.1, 0.15) is 39.0 Å². The molecular formula is C20H41N5O2. The predicted molar refractivity (Wildman–Crippen MR) is 112 cm³/mol. The van der Waals surface area contributed by atoms with Gasteiger partial charge in [-0.05, 0) is 65.7 Å². The first-order chi connectivity index (χ1) is 13.3. The highest BCUT2D eigenvalue weighted by atomic mass is 16.5. The summed E-state index contributed by atoms with van der Waals surface area (Å²) >= 11 is 0. The lowest BCUT2D eigenvalue weighted by Gasteiger charge is -2.20. The van der Waals surface area contributed by atoms with Crippen molar-refractivity contribution in [2.75, 3.05) is 79.2 Å². The first-order valence-electron chi connectivity index (χ1n) is 10.9. The molecule has 158 valence electrons. The molecule has 2 heterocycles. The van der Waals surface area contributed by atoms with Gasteiger partial charge in [0.05, 0.1) is 12.7 Å². The number of ether oxygens (including phenoxy) is 2. The van der Waals surface area contributed by atoms with Crippen molar-refractivity contribution in [1.82, 2.24) is 20.4 Å². The number of nitrogens with one attached hydrogen (secondary N) is 2. The number of rotatable bonds is 11. The van der Waals surface area contributed by atoms with E-state index in [4.69, 9.17) is 9.47 Å². The maximum Gasteiger partial charge on any atom is 0.191 e. The molecule has 0 spiro atoms. The minimum Gasteiger partial charge on any atom is -0.379 e. The van der Waals surface area contributed by atoms with Gasteiger partial charge in [-0.2, -0.15) is 0 Å². The van der Waals surface area contributed by atoms with E-state index in [2.05, 4.69) is 39.4 Å².